The quantitative estimate of drug-likeness (QED) is 0.784. The van der Waals surface area contributed by atoms with Crippen molar-refractivity contribution in [3.05, 3.63) is 49.1 Å². The zero-order valence-corrected chi connectivity index (χ0v) is 10.5. The van der Waals surface area contributed by atoms with Gasteiger partial charge in [0.25, 0.3) is 0 Å². The second kappa shape index (κ2) is 5.27. The van der Waals surface area contributed by atoms with Gasteiger partial charge in [-0.2, -0.15) is 0 Å². The molecular formula is C15H19NO2. The molecule has 0 amide bonds. The summed E-state index contributed by atoms with van der Waals surface area (Å²) in [5.74, 6) is 1.60. The zero-order valence-electron chi connectivity index (χ0n) is 10.5. The summed E-state index contributed by atoms with van der Waals surface area (Å²) in [7, 11) is 0. The lowest BCUT2D eigenvalue weighted by atomic mass is 9.85. The van der Waals surface area contributed by atoms with E-state index in [1.54, 1.807) is 0 Å². The lowest BCUT2D eigenvalue weighted by Crippen LogP contribution is -2.41. The first kappa shape index (κ1) is 12.7. The van der Waals surface area contributed by atoms with Gasteiger partial charge in [-0.15, -0.1) is 13.2 Å². The first-order chi connectivity index (χ1) is 8.67. The van der Waals surface area contributed by atoms with Crippen molar-refractivity contribution < 1.29 is 9.47 Å². The van der Waals surface area contributed by atoms with Crippen LogP contribution < -0.4 is 15.2 Å². The van der Waals surface area contributed by atoms with Gasteiger partial charge in [0.05, 0.1) is 0 Å². The Kier molecular flexibility index (Phi) is 3.72. The fourth-order valence-electron chi connectivity index (χ4n) is 2.26. The van der Waals surface area contributed by atoms with Crippen molar-refractivity contribution in [2.75, 3.05) is 6.79 Å². The van der Waals surface area contributed by atoms with E-state index in [1.165, 1.54) is 0 Å². The first-order valence-corrected chi connectivity index (χ1v) is 6.06. The summed E-state index contributed by atoms with van der Waals surface area (Å²) in [6.45, 7) is 7.83. The maximum absolute atomic E-state index is 6.38. The van der Waals surface area contributed by atoms with E-state index >= 15 is 0 Å². The summed E-state index contributed by atoms with van der Waals surface area (Å²) in [5.41, 5.74) is 7.20. The standard InChI is InChI=1S/C15H19NO2/c1-3-7-15(16,8-4-2)10-12-5-6-13-14(9-12)18-11-17-13/h3-6,9H,1-2,7-8,10-11,16H2. The predicted octanol–water partition coefficient (Wildman–Crippen LogP) is 2.81. The molecule has 0 fully saturated rings. The Balaban J connectivity index is 2.16. The largest absolute Gasteiger partial charge is 0.454 e. The smallest absolute Gasteiger partial charge is 0.231 e. The van der Waals surface area contributed by atoms with Gasteiger partial charge in [0.15, 0.2) is 11.5 Å². The minimum Gasteiger partial charge on any atom is -0.454 e. The Bertz CT molecular complexity index is 444. The molecule has 1 aliphatic heterocycles. The van der Waals surface area contributed by atoms with Crippen LogP contribution in [0.1, 0.15) is 18.4 Å². The maximum atomic E-state index is 6.38. The molecule has 3 heteroatoms. The molecule has 2 N–H and O–H groups in total. The molecule has 0 saturated heterocycles. The first-order valence-electron chi connectivity index (χ1n) is 6.06. The van der Waals surface area contributed by atoms with E-state index in [2.05, 4.69) is 13.2 Å². The number of hydrogen-bond acceptors (Lipinski definition) is 3. The van der Waals surface area contributed by atoms with Gasteiger partial charge < -0.3 is 15.2 Å². The Labute approximate surface area is 108 Å². The molecular weight excluding hydrogens is 226 g/mol. The van der Waals surface area contributed by atoms with E-state index in [9.17, 15) is 0 Å². The van der Waals surface area contributed by atoms with Gasteiger partial charge >= 0.3 is 0 Å². The van der Waals surface area contributed by atoms with Gasteiger partial charge in [0.2, 0.25) is 6.79 Å². The van der Waals surface area contributed by atoms with Crippen LogP contribution in [-0.2, 0) is 6.42 Å². The molecule has 3 nitrogen and oxygen atoms in total. The van der Waals surface area contributed by atoms with Crippen LogP contribution in [0.5, 0.6) is 11.5 Å². The van der Waals surface area contributed by atoms with Crippen LogP contribution in [0.4, 0.5) is 0 Å². The SMILES string of the molecule is C=CCC(N)(CC=C)Cc1ccc2c(c1)OCO2. The molecule has 0 radical (unpaired) electrons. The Morgan fingerprint density at radius 2 is 1.83 bits per heavy atom. The summed E-state index contributed by atoms with van der Waals surface area (Å²) in [6.07, 6.45) is 6.00. The molecule has 1 aliphatic rings. The van der Waals surface area contributed by atoms with Crippen LogP contribution in [0.25, 0.3) is 0 Å². The summed E-state index contributed by atoms with van der Waals surface area (Å²) >= 11 is 0. The number of fused-ring (bicyclic) bond motifs is 1. The van der Waals surface area contributed by atoms with Gasteiger partial charge in [-0.25, -0.2) is 0 Å². The van der Waals surface area contributed by atoms with Crippen molar-refractivity contribution in [2.45, 2.75) is 24.8 Å². The normalized spacial score (nSPS) is 13.4. The minimum atomic E-state index is -0.322. The Morgan fingerprint density at radius 1 is 1.17 bits per heavy atom. The average Bonchev–Trinajstić information content (AvgIpc) is 2.76. The molecule has 2 rings (SSSR count). The highest BCUT2D eigenvalue weighted by molar-refractivity contribution is 5.44. The molecule has 0 aliphatic carbocycles. The summed E-state index contributed by atoms with van der Waals surface area (Å²) in [6, 6.07) is 5.96. The summed E-state index contributed by atoms with van der Waals surface area (Å²) in [5, 5.41) is 0. The second-order valence-electron chi connectivity index (χ2n) is 4.71. The van der Waals surface area contributed by atoms with E-state index in [0.29, 0.717) is 6.79 Å². The van der Waals surface area contributed by atoms with Crippen LogP contribution in [0.2, 0.25) is 0 Å². The van der Waals surface area contributed by atoms with Gasteiger partial charge in [0.1, 0.15) is 0 Å². The average molecular weight is 245 g/mol. The molecule has 0 unspecified atom stereocenters. The third-order valence-corrected chi connectivity index (χ3v) is 3.09. The van der Waals surface area contributed by atoms with Gasteiger partial charge in [0, 0.05) is 5.54 Å². The monoisotopic (exact) mass is 245 g/mol. The lowest BCUT2D eigenvalue weighted by Gasteiger charge is -2.27. The molecule has 1 heterocycles. The minimum absolute atomic E-state index is 0.297. The maximum Gasteiger partial charge on any atom is 0.231 e. The van der Waals surface area contributed by atoms with E-state index in [1.807, 2.05) is 30.4 Å². The Hall–Kier alpha value is -1.74. The summed E-state index contributed by atoms with van der Waals surface area (Å²) in [4.78, 5) is 0. The number of ether oxygens (including phenoxy) is 2. The van der Waals surface area contributed by atoms with Crippen LogP contribution in [0.3, 0.4) is 0 Å². The van der Waals surface area contributed by atoms with Crippen molar-refractivity contribution in [2.24, 2.45) is 5.73 Å². The lowest BCUT2D eigenvalue weighted by molar-refractivity contribution is 0.174. The van der Waals surface area contributed by atoms with Crippen LogP contribution in [0, 0.1) is 0 Å². The van der Waals surface area contributed by atoms with Crippen LogP contribution in [-0.4, -0.2) is 12.3 Å². The van der Waals surface area contributed by atoms with Gasteiger partial charge in [-0.05, 0) is 37.0 Å². The Morgan fingerprint density at radius 3 is 2.50 bits per heavy atom. The molecule has 0 saturated carbocycles. The fraction of sp³-hybridized carbons (Fsp3) is 0.333. The molecule has 1 aromatic rings. The number of hydrogen-bond donors (Lipinski definition) is 1. The van der Waals surface area contributed by atoms with E-state index in [0.717, 1.165) is 36.3 Å². The third-order valence-electron chi connectivity index (χ3n) is 3.09. The van der Waals surface area contributed by atoms with E-state index in [4.69, 9.17) is 15.2 Å². The van der Waals surface area contributed by atoms with Crippen molar-refractivity contribution in [3.8, 4) is 11.5 Å². The van der Waals surface area contributed by atoms with Gasteiger partial charge in [-0.1, -0.05) is 18.2 Å². The topological polar surface area (TPSA) is 44.5 Å². The van der Waals surface area contributed by atoms with Crippen molar-refractivity contribution in [1.82, 2.24) is 0 Å². The van der Waals surface area contributed by atoms with E-state index < -0.39 is 0 Å². The van der Waals surface area contributed by atoms with E-state index in [-0.39, 0.29) is 5.54 Å². The molecule has 18 heavy (non-hydrogen) atoms. The van der Waals surface area contributed by atoms with Crippen LogP contribution in [0.15, 0.2) is 43.5 Å². The molecule has 1 aromatic carbocycles. The van der Waals surface area contributed by atoms with Crippen LogP contribution >= 0.6 is 0 Å². The predicted molar refractivity (Wildman–Crippen MR) is 72.8 cm³/mol. The van der Waals surface area contributed by atoms with Crippen molar-refractivity contribution in [1.29, 1.82) is 0 Å². The van der Waals surface area contributed by atoms with Gasteiger partial charge in [-0.3, -0.25) is 0 Å². The van der Waals surface area contributed by atoms with Crippen molar-refractivity contribution >= 4 is 0 Å². The molecule has 0 aromatic heterocycles. The fourth-order valence-corrected chi connectivity index (χ4v) is 2.26. The zero-order chi connectivity index (χ0) is 13.0. The third kappa shape index (κ3) is 2.74. The second-order valence-corrected chi connectivity index (χ2v) is 4.71. The number of benzene rings is 1. The number of nitrogens with two attached hydrogens (primary N) is 1. The molecule has 0 bridgehead atoms. The highest BCUT2D eigenvalue weighted by Crippen LogP contribution is 2.33. The highest BCUT2D eigenvalue weighted by Gasteiger charge is 2.23. The molecule has 0 atom stereocenters. The summed E-state index contributed by atoms with van der Waals surface area (Å²) < 4.78 is 10.7. The molecule has 0 spiro atoms. The van der Waals surface area contributed by atoms with Crippen molar-refractivity contribution in [3.63, 3.8) is 0 Å². The highest BCUT2D eigenvalue weighted by atomic mass is 16.7. The number of rotatable bonds is 6. The molecule has 96 valence electrons.